The number of anilines is 1. The van der Waals surface area contributed by atoms with Crippen LogP contribution in [0.4, 0.5) is 5.69 Å². The first-order chi connectivity index (χ1) is 13.7. The lowest BCUT2D eigenvalue weighted by molar-refractivity contribution is -0.118. The highest BCUT2D eigenvalue weighted by atomic mass is 79.9. The summed E-state index contributed by atoms with van der Waals surface area (Å²) in [7, 11) is 0. The number of carbonyl (C=O) groups excluding carboxylic acids is 1. The minimum absolute atomic E-state index is 0.0790. The van der Waals surface area contributed by atoms with Crippen molar-refractivity contribution >= 4 is 27.5 Å². The SMILES string of the molecule is O=C(COc1ccccc1)Nc1ccccc1OCCOc1cccc(Br)c1. The average molecular weight is 442 g/mol. The maximum Gasteiger partial charge on any atom is 0.262 e. The molecular formula is C22H20BrNO4. The number of carbonyl (C=O) groups is 1. The van der Waals surface area contributed by atoms with Crippen LogP contribution in [-0.4, -0.2) is 25.7 Å². The zero-order valence-electron chi connectivity index (χ0n) is 15.1. The molecule has 0 aliphatic rings. The molecule has 0 bridgehead atoms. The smallest absolute Gasteiger partial charge is 0.262 e. The van der Waals surface area contributed by atoms with Crippen LogP contribution in [0.5, 0.6) is 17.2 Å². The molecule has 6 heteroatoms. The van der Waals surface area contributed by atoms with Crippen molar-refractivity contribution in [3.8, 4) is 17.2 Å². The summed E-state index contributed by atoms with van der Waals surface area (Å²) >= 11 is 3.41. The number of rotatable bonds is 9. The second-order valence-corrected chi connectivity index (χ2v) is 6.72. The molecule has 0 aliphatic heterocycles. The van der Waals surface area contributed by atoms with Crippen LogP contribution >= 0.6 is 15.9 Å². The van der Waals surface area contributed by atoms with Crippen molar-refractivity contribution in [1.82, 2.24) is 0 Å². The Hall–Kier alpha value is -2.99. The van der Waals surface area contributed by atoms with E-state index in [9.17, 15) is 4.79 Å². The first-order valence-electron chi connectivity index (χ1n) is 8.78. The van der Waals surface area contributed by atoms with E-state index in [0.29, 0.717) is 30.4 Å². The fraction of sp³-hybridized carbons (Fsp3) is 0.136. The van der Waals surface area contributed by atoms with E-state index in [2.05, 4.69) is 21.2 Å². The maximum absolute atomic E-state index is 12.2. The summed E-state index contributed by atoms with van der Waals surface area (Å²) in [5, 5.41) is 2.81. The lowest BCUT2D eigenvalue weighted by Gasteiger charge is -2.13. The van der Waals surface area contributed by atoms with Gasteiger partial charge in [-0.25, -0.2) is 0 Å². The molecule has 0 unspecified atom stereocenters. The van der Waals surface area contributed by atoms with E-state index in [0.717, 1.165) is 10.2 Å². The van der Waals surface area contributed by atoms with Gasteiger partial charge in [0.25, 0.3) is 5.91 Å². The highest BCUT2D eigenvalue weighted by Gasteiger charge is 2.08. The molecule has 0 heterocycles. The van der Waals surface area contributed by atoms with E-state index in [1.54, 1.807) is 24.3 Å². The van der Waals surface area contributed by atoms with Gasteiger partial charge in [0.1, 0.15) is 30.5 Å². The number of hydrogen-bond donors (Lipinski definition) is 1. The molecule has 0 fully saturated rings. The third kappa shape index (κ3) is 6.32. The molecule has 3 aromatic carbocycles. The van der Waals surface area contributed by atoms with E-state index in [1.165, 1.54) is 0 Å². The Labute approximate surface area is 172 Å². The Morgan fingerprint density at radius 1 is 0.786 bits per heavy atom. The summed E-state index contributed by atoms with van der Waals surface area (Å²) in [4.78, 5) is 12.2. The van der Waals surface area contributed by atoms with Crippen molar-refractivity contribution in [3.63, 3.8) is 0 Å². The molecule has 1 N–H and O–H groups in total. The Morgan fingerprint density at radius 3 is 2.32 bits per heavy atom. The van der Waals surface area contributed by atoms with E-state index >= 15 is 0 Å². The van der Waals surface area contributed by atoms with Crippen LogP contribution in [0.3, 0.4) is 0 Å². The molecule has 0 atom stereocenters. The Bertz CT molecular complexity index is 902. The number of nitrogens with one attached hydrogen (secondary N) is 1. The summed E-state index contributed by atoms with van der Waals surface area (Å²) in [6, 6.07) is 24.1. The second-order valence-electron chi connectivity index (χ2n) is 5.80. The molecule has 0 aromatic heterocycles. The van der Waals surface area contributed by atoms with Gasteiger partial charge in [-0.15, -0.1) is 0 Å². The van der Waals surface area contributed by atoms with Crippen LogP contribution in [-0.2, 0) is 4.79 Å². The van der Waals surface area contributed by atoms with Crippen molar-refractivity contribution in [2.24, 2.45) is 0 Å². The normalized spacial score (nSPS) is 10.2. The summed E-state index contributed by atoms with van der Waals surface area (Å²) in [6.45, 7) is 0.653. The topological polar surface area (TPSA) is 56.8 Å². The molecule has 28 heavy (non-hydrogen) atoms. The summed E-state index contributed by atoms with van der Waals surface area (Å²) in [5.41, 5.74) is 0.589. The molecule has 0 saturated heterocycles. The molecule has 0 radical (unpaired) electrons. The van der Waals surface area contributed by atoms with Crippen molar-refractivity contribution in [3.05, 3.63) is 83.3 Å². The van der Waals surface area contributed by atoms with Gasteiger partial charge in [0.15, 0.2) is 6.61 Å². The minimum Gasteiger partial charge on any atom is -0.490 e. The van der Waals surface area contributed by atoms with Crippen molar-refractivity contribution < 1.29 is 19.0 Å². The zero-order valence-corrected chi connectivity index (χ0v) is 16.7. The fourth-order valence-corrected chi connectivity index (χ4v) is 2.79. The Morgan fingerprint density at radius 2 is 1.50 bits per heavy atom. The minimum atomic E-state index is -0.259. The number of para-hydroxylation sites is 3. The fourth-order valence-electron chi connectivity index (χ4n) is 2.42. The van der Waals surface area contributed by atoms with Gasteiger partial charge in [0.05, 0.1) is 5.69 Å². The third-order valence-corrected chi connectivity index (χ3v) is 4.17. The predicted molar refractivity (Wildman–Crippen MR) is 112 cm³/mol. The first kappa shape index (κ1) is 19.8. The van der Waals surface area contributed by atoms with Crippen LogP contribution in [0.1, 0.15) is 0 Å². The molecule has 0 spiro atoms. The van der Waals surface area contributed by atoms with Gasteiger partial charge in [0.2, 0.25) is 0 Å². The lowest BCUT2D eigenvalue weighted by atomic mass is 10.3. The van der Waals surface area contributed by atoms with Gasteiger partial charge in [-0.3, -0.25) is 4.79 Å². The number of hydrogen-bond acceptors (Lipinski definition) is 4. The van der Waals surface area contributed by atoms with Crippen LogP contribution in [0.25, 0.3) is 0 Å². The van der Waals surface area contributed by atoms with Gasteiger partial charge in [-0.1, -0.05) is 52.3 Å². The van der Waals surface area contributed by atoms with E-state index in [4.69, 9.17) is 14.2 Å². The largest absolute Gasteiger partial charge is 0.490 e. The summed E-state index contributed by atoms with van der Waals surface area (Å²) < 4.78 is 17.8. The Kier molecular flexibility index (Phi) is 7.32. The van der Waals surface area contributed by atoms with Crippen LogP contribution in [0, 0.1) is 0 Å². The van der Waals surface area contributed by atoms with Crippen molar-refractivity contribution in [1.29, 1.82) is 0 Å². The molecule has 3 aromatic rings. The van der Waals surface area contributed by atoms with E-state index in [-0.39, 0.29) is 12.5 Å². The highest BCUT2D eigenvalue weighted by Crippen LogP contribution is 2.24. The molecule has 5 nitrogen and oxygen atoms in total. The quantitative estimate of drug-likeness (QED) is 0.478. The second kappa shape index (κ2) is 10.4. The van der Waals surface area contributed by atoms with Crippen LogP contribution in [0.15, 0.2) is 83.3 Å². The third-order valence-electron chi connectivity index (χ3n) is 3.68. The maximum atomic E-state index is 12.2. The van der Waals surface area contributed by atoms with E-state index in [1.807, 2.05) is 54.6 Å². The van der Waals surface area contributed by atoms with Gasteiger partial charge in [0, 0.05) is 4.47 Å². The van der Waals surface area contributed by atoms with Crippen LogP contribution < -0.4 is 19.5 Å². The standard InChI is InChI=1S/C22H20BrNO4/c23-17-7-6-10-19(15-17)26-13-14-27-21-12-5-4-11-20(21)24-22(25)16-28-18-8-2-1-3-9-18/h1-12,15H,13-14,16H2,(H,24,25). The molecule has 3 rings (SSSR count). The van der Waals surface area contributed by atoms with Gasteiger partial charge < -0.3 is 19.5 Å². The number of benzene rings is 3. The summed E-state index contributed by atoms with van der Waals surface area (Å²) in [6.07, 6.45) is 0. The van der Waals surface area contributed by atoms with Gasteiger partial charge >= 0.3 is 0 Å². The first-order valence-corrected chi connectivity index (χ1v) is 9.58. The molecule has 144 valence electrons. The number of halogens is 1. The molecular weight excluding hydrogens is 422 g/mol. The average Bonchev–Trinajstić information content (AvgIpc) is 2.72. The summed E-state index contributed by atoms with van der Waals surface area (Å²) in [5.74, 6) is 1.73. The number of ether oxygens (including phenoxy) is 3. The van der Waals surface area contributed by atoms with E-state index < -0.39 is 0 Å². The predicted octanol–water partition coefficient (Wildman–Crippen LogP) is 4.92. The zero-order chi connectivity index (χ0) is 19.6. The molecule has 0 saturated carbocycles. The Balaban J connectivity index is 1.47. The number of amides is 1. The van der Waals surface area contributed by atoms with Crippen molar-refractivity contribution in [2.45, 2.75) is 0 Å². The lowest BCUT2D eigenvalue weighted by Crippen LogP contribution is -2.21. The monoisotopic (exact) mass is 441 g/mol. The van der Waals surface area contributed by atoms with Gasteiger partial charge in [-0.05, 0) is 42.5 Å². The van der Waals surface area contributed by atoms with Gasteiger partial charge in [-0.2, -0.15) is 0 Å². The highest BCUT2D eigenvalue weighted by molar-refractivity contribution is 9.10. The molecule has 0 aliphatic carbocycles. The van der Waals surface area contributed by atoms with Crippen LogP contribution in [0.2, 0.25) is 0 Å². The van der Waals surface area contributed by atoms with Crippen molar-refractivity contribution in [2.75, 3.05) is 25.1 Å². The molecule has 1 amide bonds.